The molecule has 3 heteroatoms. The van der Waals surface area contributed by atoms with Crippen molar-refractivity contribution in [2.24, 2.45) is 0 Å². The number of aldehydes is 1. The molecule has 3 rings (SSSR count). The third-order valence-electron chi connectivity index (χ3n) is 4.70. The summed E-state index contributed by atoms with van der Waals surface area (Å²) in [6, 6.07) is 16.2. The Hall–Kier alpha value is -2.81. The van der Waals surface area contributed by atoms with Gasteiger partial charge in [-0.3, -0.25) is 9.78 Å². The number of aryl methyl sites for hydroxylation is 2. The summed E-state index contributed by atoms with van der Waals surface area (Å²) >= 11 is 0. The maximum Gasteiger partial charge on any atom is 0.150 e. The van der Waals surface area contributed by atoms with Gasteiger partial charge in [-0.05, 0) is 24.8 Å². The molecule has 0 aliphatic heterocycles. The number of benzene rings is 2. The van der Waals surface area contributed by atoms with Gasteiger partial charge in [0.15, 0.2) is 0 Å². The van der Waals surface area contributed by atoms with Gasteiger partial charge in [0, 0.05) is 22.9 Å². The summed E-state index contributed by atoms with van der Waals surface area (Å²) in [7, 11) is 0. The van der Waals surface area contributed by atoms with E-state index in [2.05, 4.69) is 38.1 Å². The molecule has 0 bridgehead atoms. The first-order chi connectivity index (χ1) is 13.2. The minimum absolute atomic E-state index is 0.666. The Morgan fingerprint density at radius 1 is 0.815 bits per heavy atom. The van der Waals surface area contributed by atoms with Crippen molar-refractivity contribution in [2.75, 3.05) is 0 Å². The van der Waals surface area contributed by atoms with Gasteiger partial charge in [-0.1, -0.05) is 75.2 Å². The summed E-state index contributed by atoms with van der Waals surface area (Å²) in [5.41, 5.74) is 6.84. The van der Waals surface area contributed by atoms with Crippen LogP contribution in [0.3, 0.4) is 0 Å². The Bertz CT molecular complexity index is 883. The van der Waals surface area contributed by atoms with Crippen molar-refractivity contribution in [2.45, 2.75) is 46.0 Å². The lowest BCUT2D eigenvalue weighted by atomic mass is 10.0. The number of hydrogen-bond acceptors (Lipinski definition) is 3. The number of unbranched alkanes of at least 4 members (excludes halogenated alkanes) is 1. The third-order valence-corrected chi connectivity index (χ3v) is 4.70. The zero-order valence-corrected chi connectivity index (χ0v) is 16.1. The molecule has 3 aromatic rings. The lowest BCUT2D eigenvalue weighted by Gasteiger charge is -2.11. The summed E-state index contributed by atoms with van der Waals surface area (Å²) < 4.78 is 0. The molecule has 0 saturated heterocycles. The third kappa shape index (κ3) is 4.68. The van der Waals surface area contributed by atoms with Gasteiger partial charge in [0.1, 0.15) is 6.29 Å². The van der Waals surface area contributed by atoms with E-state index in [4.69, 9.17) is 9.97 Å². The van der Waals surface area contributed by atoms with E-state index in [0.717, 1.165) is 66.6 Å². The second kappa shape index (κ2) is 9.22. The topological polar surface area (TPSA) is 42.9 Å². The fraction of sp³-hybridized carbons (Fsp3) is 0.292. The predicted octanol–water partition coefficient (Wildman–Crippen LogP) is 5.92. The molecule has 0 unspecified atom stereocenters. The van der Waals surface area contributed by atoms with Crippen LogP contribution < -0.4 is 0 Å². The summed E-state index contributed by atoms with van der Waals surface area (Å²) in [4.78, 5) is 20.7. The van der Waals surface area contributed by atoms with E-state index in [1.165, 1.54) is 5.56 Å². The van der Waals surface area contributed by atoms with Crippen LogP contribution in [0.25, 0.3) is 22.5 Å². The van der Waals surface area contributed by atoms with Gasteiger partial charge >= 0.3 is 0 Å². The van der Waals surface area contributed by atoms with E-state index in [1.54, 1.807) is 0 Å². The zero-order valence-electron chi connectivity index (χ0n) is 16.1. The average molecular weight is 358 g/mol. The molecular formula is C24H26N2O. The van der Waals surface area contributed by atoms with Gasteiger partial charge in [-0.15, -0.1) is 0 Å². The van der Waals surface area contributed by atoms with E-state index in [0.29, 0.717) is 5.56 Å². The van der Waals surface area contributed by atoms with Gasteiger partial charge in [0.2, 0.25) is 0 Å². The Labute approximate surface area is 161 Å². The van der Waals surface area contributed by atoms with Crippen molar-refractivity contribution in [3.8, 4) is 22.5 Å². The molecule has 0 fully saturated rings. The highest BCUT2D eigenvalue weighted by Gasteiger charge is 2.12. The first-order valence-electron chi connectivity index (χ1n) is 9.76. The molecule has 0 aliphatic rings. The minimum Gasteiger partial charge on any atom is -0.298 e. The SMILES string of the molecule is CCCCc1cnc(-c2ccc(CCC)cc2)c(-c2ccc(C=O)cc2)n1. The highest BCUT2D eigenvalue weighted by molar-refractivity contribution is 5.80. The molecule has 27 heavy (non-hydrogen) atoms. The van der Waals surface area contributed by atoms with Gasteiger partial charge in [-0.25, -0.2) is 4.98 Å². The van der Waals surface area contributed by atoms with E-state index in [1.807, 2.05) is 30.5 Å². The molecule has 3 nitrogen and oxygen atoms in total. The largest absolute Gasteiger partial charge is 0.298 e. The van der Waals surface area contributed by atoms with E-state index in [9.17, 15) is 4.79 Å². The molecular weight excluding hydrogens is 332 g/mol. The normalized spacial score (nSPS) is 10.7. The van der Waals surface area contributed by atoms with E-state index < -0.39 is 0 Å². The van der Waals surface area contributed by atoms with Gasteiger partial charge < -0.3 is 0 Å². The molecule has 1 heterocycles. The van der Waals surface area contributed by atoms with Crippen molar-refractivity contribution in [3.05, 3.63) is 71.5 Å². The first kappa shape index (κ1) is 19.0. The standard InChI is InChI=1S/C24H26N2O/c1-3-5-7-22-16-25-23(20-12-8-18(6-4-2)9-13-20)24(26-22)21-14-10-19(17-27)11-15-21/h8-17H,3-7H2,1-2H3. The fourth-order valence-electron chi connectivity index (χ4n) is 3.15. The van der Waals surface area contributed by atoms with Crippen LogP contribution in [0.1, 0.15) is 54.7 Å². The van der Waals surface area contributed by atoms with E-state index >= 15 is 0 Å². The molecule has 0 amide bonds. The van der Waals surface area contributed by atoms with Gasteiger partial charge in [0.05, 0.1) is 17.1 Å². The second-order valence-corrected chi connectivity index (χ2v) is 6.85. The first-order valence-corrected chi connectivity index (χ1v) is 9.76. The summed E-state index contributed by atoms with van der Waals surface area (Å²) in [5, 5.41) is 0. The minimum atomic E-state index is 0.666. The van der Waals surface area contributed by atoms with Gasteiger partial charge in [-0.2, -0.15) is 0 Å². The highest BCUT2D eigenvalue weighted by Crippen LogP contribution is 2.29. The highest BCUT2D eigenvalue weighted by atomic mass is 16.1. The Balaban J connectivity index is 2.04. The number of carbonyl (C=O) groups is 1. The van der Waals surface area contributed by atoms with Crippen LogP contribution in [0, 0.1) is 0 Å². The molecule has 0 atom stereocenters. The molecule has 138 valence electrons. The summed E-state index contributed by atoms with van der Waals surface area (Å²) in [6.07, 6.45) is 8.14. The molecule has 0 radical (unpaired) electrons. The smallest absolute Gasteiger partial charge is 0.150 e. The Morgan fingerprint density at radius 2 is 1.48 bits per heavy atom. The maximum atomic E-state index is 11.0. The fourth-order valence-corrected chi connectivity index (χ4v) is 3.15. The molecule has 0 spiro atoms. The van der Waals surface area contributed by atoms with Crippen LogP contribution in [0.5, 0.6) is 0 Å². The zero-order chi connectivity index (χ0) is 19.1. The Kier molecular flexibility index (Phi) is 6.48. The number of rotatable bonds is 8. The lowest BCUT2D eigenvalue weighted by molar-refractivity contribution is 0.112. The maximum absolute atomic E-state index is 11.0. The van der Waals surface area contributed by atoms with Crippen molar-refractivity contribution < 1.29 is 4.79 Å². The van der Waals surface area contributed by atoms with Crippen LogP contribution in [0.2, 0.25) is 0 Å². The van der Waals surface area contributed by atoms with Crippen molar-refractivity contribution in [1.82, 2.24) is 9.97 Å². The molecule has 0 N–H and O–H groups in total. The second-order valence-electron chi connectivity index (χ2n) is 6.85. The van der Waals surface area contributed by atoms with Crippen molar-refractivity contribution in [3.63, 3.8) is 0 Å². The monoisotopic (exact) mass is 358 g/mol. The van der Waals surface area contributed by atoms with Crippen LogP contribution in [0.4, 0.5) is 0 Å². The predicted molar refractivity (Wildman–Crippen MR) is 111 cm³/mol. The van der Waals surface area contributed by atoms with Gasteiger partial charge in [0.25, 0.3) is 0 Å². The molecule has 0 saturated carbocycles. The Morgan fingerprint density at radius 3 is 2.11 bits per heavy atom. The molecule has 0 aliphatic carbocycles. The van der Waals surface area contributed by atoms with Crippen LogP contribution in [-0.2, 0) is 12.8 Å². The number of carbonyl (C=O) groups excluding carboxylic acids is 1. The van der Waals surface area contributed by atoms with Crippen molar-refractivity contribution >= 4 is 6.29 Å². The average Bonchev–Trinajstić information content (AvgIpc) is 2.73. The number of nitrogens with zero attached hydrogens (tertiary/aromatic N) is 2. The summed E-state index contributed by atoms with van der Waals surface area (Å²) in [5.74, 6) is 0. The van der Waals surface area contributed by atoms with Crippen LogP contribution in [0.15, 0.2) is 54.7 Å². The van der Waals surface area contributed by atoms with Crippen LogP contribution >= 0.6 is 0 Å². The summed E-state index contributed by atoms with van der Waals surface area (Å²) in [6.45, 7) is 4.37. The molecule has 1 aromatic heterocycles. The van der Waals surface area contributed by atoms with Crippen molar-refractivity contribution in [1.29, 1.82) is 0 Å². The number of hydrogen-bond donors (Lipinski definition) is 0. The quantitative estimate of drug-likeness (QED) is 0.470. The molecule has 2 aromatic carbocycles. The number of aromatic nitrogens is 2. The lowest BCUT2D eigenvalue weighted by Crippen LogP contribution is -1.99. The van der Waals surface area contributed by atoms with E-state index in [-0.39, 0.29) is 0 Å². The van der Waals surface area contributed by atoms with Crippen LogP contribution in [-0.4, -0.2) is 16.3 Å².